The van der Waals surface area contributed by atoms with Gasteiger partial charge in [-0.1, -0.05) is 41.9 Å². The highest BCUT2D eigenvalue weighted by atomic mass is 35.5. The van der Waals surface area contributed by atoms with Gasteiger partial charge in [0.15, 0.2) is 17.1 Å². The van der Waals surface area contributed by atoms with Crippen molar-refractivity contribution < 1.29 is 14.3 Å². The maximum atomic E-state index is 13.1. The fraction of sp³-hybridized carbons (Fsp3) is 0.296. The van der Waals surface area contributed by atoms with Gasteiger partial charge in [0.1, 0.15) is 12.4 Å². The van der Waals surface area contributed by atoms with Crippen molar-refractivity contribution in [3.63, 3.8) is 0 Å². The number of rotatable bonds is 4. The van der Waals surface area contributed by atoms with Gasteiger partial charge in [-0.2, -0.15) is 9.61 Å². The van der Waals surface area contributed by atoms with Crippen LogP contribution in [0, 0.1) is 6.92 Å². The molecule has 0 spiro atoms. The minimum absolute atomic E-state index is 0.0297. The summed E-state index contributed by atoms with van der Waals surface area (Å²) in [4.78, 5) is 19.8. The van der Waals surface area contributed by atoms with E-state index in [1.807, 2.05) is 77.1 Å². The standard InChI is InChI=1S/C27H26ClN5O3/c1-17-15-29-33-25(14-21(31-26(17)33)19-6-2-3-7-20(19)28)30-18-10-12-32(13-11-18)27(34)24-16-35-22-8-4-5-9-23(22)36-24/h2-9,14-15,18,24,30H,10-13,16H2,1H3. The van der Waals surface area contributed by atoms with E-state index in [-0.39, 0.29) is 18.6 Å². The summed E-state index contributed by atoms with van der Waals surface area (Å²) in [5.74, 6) is 2.12. The quantitative estimate of drug-likeness (QED) is 0.438. The topological polar surface area (TPSA) is 81.0 Å². The van der Waals surface area contributed by atoms with E-state index < -0.39 is 6.10 Å². The number of amides is 1. The third-order valence-electron chi connectivity index (χ3n) is 6.74. The van der Waals surface area contributed by atoms with Crippen LogP contribution in [0.4, 0.5) is 5.82 Å². The van der Waals surface area contributed by atoms with Gasteiger partial charge in [0.2, 0.25) is 6.10 Å². The lowest BCUT2D eigenvalue weighted by Gasteiger charge is -2.36. The van der Waals surface area contributed by atoms with Crippen LogP contribution in [-0.4, -0.2) is 57.2 Å². The van der Waals surface area contributed by atoms with Gasteiger partial charge in [-0.3, -0.25) is 4.79 Å². The van der Waals surface area contributed by atoms with Crippen molar-refractivity contribution in [3.8, 4) is 22.8 Å². The first-order valence-electron chi connectivity index (χ1n) is 12.1. The number of carbonyl (C=O) groups is 1. The van der Waals surface area contributed by atoms with Crippen LogP contribution in [0.25, 0.3) is 16.9 Å². The SMILES string of the molecule is Cc1cnn2c(NC3CCN(C(=O)C4COc5ccccc5O4)CC3)cc(-c3ccccc3Cl)nc12. The highest BCUT2D eigenvalue weighted by molar-refractivity contribution is 6.33. The minimum Gasteiger partial charge on any atom is -0.485 e. The first-order valence-corrected chi connectivity index (χ1v) is 12.5. The Balaban J connectivity index is 1.16. The molecule has 0 saturated carbocycles. The van der Waals surface area contributed by atoms with E-state index >= 15 is 0 Å². The molecule has 1 N–H and O–H groups in total. The Hall–Kier alpha value is -3.78. The third-order valence-corrected chi connectivity index (χ3v) is 7.07. The predicted molar refractivity (Wildman–Crippen MR) is 138 cm³/mol. The van der Waals surface area contributed by atoms with Crippen LogP contribution in [0.3, 0.4) is 0 Å². The fourth-order valence-electron chi connectivity index (χ4n) is 4.78. The van der Waals surface area contributed by atoms with Crippen molar-refractivity contribution in [2.45, 2.75) is 31.9 Å². The lowest BCUT2D eigenvalue weighted by molar-refractivity contribution is -0.142. The third kappa shape index (κ3) is 4.22. The number of fused-ring (bicyclic) bond motifs is 2. The molecule has 2 aliphatic heterocycles. The second kappa shape index (κ2) is 9.35. The second-order valence-electron chi connectivity index (χ2n) is 9.18. The summed E-state index contributed by atoms with van der Waals surface area (Å²) in [7, 11) is 0. The number of carbonyl (C=O) groups excluding carboxylic acids is 1. The highest BCUT2D eigenvalue weighted by Gasteiger charge is 2.33. The largest absolute Gasteiger partial charge is 0.485 e. The van der Waals surface area contributed by atoms with Gasteiger partial charge in [-0.25, -0.2) is 4.98 Å². The Labute approximate surface area is 213 Å². The van der Waals surface area contributed by atoms with Crippen LogP contribution in [0.5, 0.6) is 11.5 Å². The smallest absolute Gasteiger partial charge is 0.267 e. The van der Waals surface area contributed by atoms with Crippen molar-refractivity contribution in [2.24, 2.45) is 0 Å². The molecular weight excluding hydrogens is 478 g/mol. The van der Waals surface area contributed by atoms with Crippen LogP contribution in [0.1, 0.15) is 18.4 Å². The summed E-state index contributed by atoms with van der Waals surface area (Å²) >= 11 is 6.47. The monoisotopic (exact) mass is 503 g/mol. The van der Waals surface area contributed by atoms with E-state index in [1.54, 1.807) is 0 Å². The maximum absolute atomic E-state index is 13.1. The molecule has 1 fully saturated rings. The van der Waals surface area contributed by atoms with E-state index in [1.165, 1.54) is 0 Å². The molecule has 1 unspecified atom stereocenters. The molecule has 2 aromatic heterocycles. The zero-order valence-electron chi connectivity index (χ0n) is 19.9. The van der Waals surface area contributed by atoms with Crippen molar-refractivity contribution in [1.29, 1.82) is 0 Å². The van der Waals surface area contributed by atoms with Crippen molar-refractivity contribution in [2.75, 3.05) is 25.0 Å². The summed E-state index contributed by atoms with van der Waals surface area (Å²) < 4.78 is 13.5. The normalized spacial score (nSPS) is 17.8. The second-order valence-corrected chi connectivity index (χ2v) is 9.58. The lowest BCUT2D eigenvalue weighted by Crippen LogP contribution is -2.50. The van der Waals surface area contributed by atoms with Gasteiger partial charge in [0.25, 0.3) is 5.91 Å². The molecule has 2 aromatic carbocycles. The zero-order chi connectivity index (χ0) is 24.6. The number of hydrogen-bond donors (Lipinski definition) is 1. The van der Waals surface area contributed by atoms with Crippen LogP contribution >= 0.6 is 11.6 Å². The van der Waals surface area contributed by atoms with Gasteiger partial charge in [0, 0.05) is 41.3 Å². The lowest BCUT2D eigenvalue weighted by atomic mass is 10.0. The first-order chi connectivity index (χ1) is 17.6. The average molecular weight is 504 g/mol. The first kappa shape index (κ1) is 22.7. The number of aryl methyl sites for hydroxylation is 1. The Morgan fingerprint density at radius 1 is 1.08 bits per heavy atom. The summed E-state index contributed by atoms with van der Waals surface area (Å²) in [5.41, 5.74) is 3.45. The number of nitrogens with one attached hydrogen (secondary N) is 1. The number of likely N-dealkylation sites (tertiary alicyclic amines) is 1. The molecular formula is C27H26ClN5O3. The summed E-state index contributed by atoms with van der Waals surface area (Å²) in [5, 5.41) is 8.82. The average Bonchev–Trinajstić information content (AvgIpc) is 3.29. The maximum Gasteiger partial charge on any atom is 0.267 e. The van der Waals surface area contributed by atoms with Gasteiger partial charge < -0.3 is 19.7 Å². The molecule has 0 aliphatic carbocycles. The van der Waals surface area contributed by atoms with Gasteiger partial charge in [-0.15, -0.1) is 0 Å². The Kier molecular flexibility index (Phi) is 5.89. The predicted octanol–water partition coefficient (Wildman–Crippen LogP) is 4.60. The van der Waals surface area contributed by atoms with E-state index in [2.05, 4.69) is 10.4 Å². The molecule has 1 atom stereocenters. The molecule has 4 aromatic rings. The molecule has 184 valence electrons. The molecule has 8 nitrogen and oxygen atoms in total. The number of aromatic nitrogens is 3. The van der Waals surface area contributed by atoms with Gasteiger partial charge >= 0.3 is 0 Å². The molecule has 6 rings (SSSR count). The van der Waals surface area contributed by atoms with Crippen LogP contribution < -0.4 is 14.8 Å². The van der Waals surface area contributed by atoms with Crippen LogP contribution in [0.2, 0.25) is 5.02 Å². The van der Waals surface area contributed by atoms with Gasteiger partial charge in [0.05, 0.1) is 11.9 Å². The highest BCUT2D eigenvalue weighted by Crippen LogP contribution is 2.32. The number of piperidine rings is 1. The molecule has 0 radical (unpaired) electrons. The molecule has 9 heteroatoms. The van der Waals surface area contributed by atoms with Crippen molar-refractivity contribution in [1.82, 2.24) is 19.5 Å². The number of ether oxygens (including phenoxy) is 2. The molecule has 1 amide bonds. The Morgan fingerprint density at radius 3 is 2.64 bits per heavy atom. The van der Waals surface area contributed by atoms with Crippen LogP contribution in [-0.2, 0) is 4.79 Å². The molecule has 36 heavy (non-hydrogen) atoms. The molecule has 4 heterocycles. The number of anilines is 1. The molecule has 0 bridgehead atoms. The Bertz CT molecular complexity index is 1430. The summed E-state index contributed by atoms with van der Waals surface area (Å²) in [6.45, 7) is 3.50. The molecule has 2 aliphatic rings. The number of nitrogens with zero attached hydrogens (tertiary/aromatic N) is 4. The number of benzene rings is 2. The van der Waals surface area contributed by atoms with Crippen molar-refractivity contribution in [3.05, 3.63) is 71.4 Å². The van der Waals surface area contributed by atoms with Crippen molar-refractivity contribution >= 4 is 29.0 Å². The van der Waals surface area contributed by atoms with E-state index in [4.69, 9.17) is 26.1 Å². The fourth-order valence-corrected chi connectivity index (χ4v) is 5.01. The van der Waals surface area contributed by atoms with E-state index in [0.29, 0.717) is 29.6 Å². The zero-order valence-corrected chi connectivity index (χ0v) is 20.6. The summed E-state index contributed by atoms with van der Waals surface area (Å²) in [6, 6.07) is 17.3. The number of hydrogen-bond acceptors (Lipinski definition) is 6. The molecule has 1 saturated heterocycles. The van der Waals surface area contributed by atoms with E-state index in [9.17, 15) is 4.79 Å². The van der Waals surface area contributed by atoms with E-state index in [0.717, 1.165) is 41.1 Å². The van der Waals surface area contributed by atoms with Crippen LogP contribution in [0.15, 0.2) is 60.8 Å². The van der Waals surface area contributed by atoms with Gasteiger partial charge in [-0.05, 0) is 38.0 Å². The number of halogens is 1. The number of para-hydroxylation sites is 2. The summed E-state index contributed by atoms with van der Waals surface area (Å²) in [6.07, 6.45) is 2.81. The minimum atomic E-state index is -0.616. The Morgan fingerprint density at radius 2 is 1.83 bits per heavy atom.